The summed E-state index contributed by atoms with van der Waals surface area (Å²) in [5.74, 6) is -7.65. The topological polar surface area (TPSA) is 149 Å². The van der Waals surface area contributed by atoms with Crippen molar-refractivity contribution < 1.29 is 39.6 Å². The number of carbonyl (C=O) groups is 4. The molecule has 4 N–H and O–H groups in total. The third kappa shape index (κ3) is 8.32. The molecular formula is C21H21ClO8. The van der Waals surface area contributed by atoms with Crippen molar-refractivity contribution in [3.63, 3.8) is 0 Å². The Morgan fingerprint density at radius 2 is 0.933 bits per heavy atom. The van der Waals surface area contributed by atoms with Crippen molar-refractivity contribution in [1.82, 2.24) is 0 Å². The predicted octanol–water partition coefficient (Wildman–Crippen LogP) is 2.77. The fraction of sp³-hybridized carbons (Fsp3) is 0.238. The smallest absolute Gasteiger partial charge is 0.318 e. The second-order valence-corrected chi connectivity index (χ2v) is 6.57. The summed E-state index contributed by atoms with van der Waals surface area (Å²) in [4.78, 5) is 42.5. The van der Waals surface area contributed by atoms with Gasteiger partial charge in [-0.05, 0) is 29.5 Å². The van der Waals surface area contributed by atoms with E-state index in [0.29, 0.717) is 17.0 Å². The van der Waals surface area contributed by atoms with Gasteiger partial charge in [0.1, 0.15) is 0 Å². The van der Waals surface area contributed by atoms with E-state index in [9.17, 15) is 19.2 Å². The quantitative estimate of drug-likeness (QED) is 0.346. The van der Waals surface area contributed by atoms with Crippen LogP contribution in [0.3, 0.4) is 0 Å². The molecule has 30 heavy (non-hydrogen) atoms. The summed E-state index contributed by atoms with van der Waals surface area (Å²) in [7, 11) is 0. The first kappa shape index (κ1) is 24.6. The molecule has 0 saturated carbocycles. The van der Waals surface area contributed by atoms with Crippen molar-refractivity contribution in [1.29, 1.82) is 0 Å². The molecule has 2 aromatic rings. The maximum absolute atomic E-state index is 10.7. The van der Waals surface area contributed by atoms with Crippen molar-refractivity contribution in [2.24, 2.45) is 11.8 Å². The highest BCUT2D eigenvalue weighted by Gasteiger charge is 2.26. The van der Waals surface area contributed by atoms with Gasteiger partial charge in [0, 0.05) is 5.88 Å². The molecule has 0 aromatic heterocycles. The van der Waals surface area contributed by atoms with E-state index in [1.807, 2.05) is 0 Å². The Balaban J connectivity index is 0.000000303. The Bertz CT molecular complexity index is 836. The van der Waals surface area contributed by atoms with Gasteiger partial charge < -0.3 is 20.4 Å². The zero-order valence-electron chi connectivity index (χ0n) is 15.8. The molecule has 0 spiro atoms. The third-order valence-electron chi connectivity index (χ3n) is 4.09. The number of benzene rings is 2. The Kier molecular flexibility index (Phi) is 10.0. The van der Waals surface area contributed by atoms with Crippen LogP contribution in [0.15, 0.2) is 54.6 Å². The van der Waals surface area contributed by atoms with Crippen LogP contribution in [0.2, 0.25) is 0 Å². The highest BCUT2D eigenvalue weighted by Crippen LogP contribution is 2.12. The van der Waals surface area contributed by atoms with Crippen LogP contribution in [-0.2, 0) is 37.9 Å². The van der Waals surface area contributed by atoms with E-state index >= 15 is 0 Å². The molecule has 0 unspecified atom stereocenters. The summed E-state index contributed by atoms with van der Waals surface area (Å²) in [5, 5.41) is 34.7. The zero-order chi connectivity index (χ0) is 22.7. The Morgan fingerprint density at radius 3 is 1.27 bits per heavy atom. The molecule has 0 amide bonds. The fourth-order valence-electron chi connectivity index (χ4n) is 2.41. The molecule has 0 aliphatic carbocycles. The van der Waals surface area contributed by atoms with E-state index in [1.54, 1.807) is 54.6 Å². The average Bonchev–Trinajstić information content (AvgIpc) is 2.71. The van der Waals surface area contributed by atoms with Crippen LogP contribution in [0.25, 0.3) is 0 Å². The van der Waals surface area contributed by atoms with Gasteiger partial charge in [-0.2, -0.15) is 0 Å². The summed E-state index contributed by atoms with van der Waals surface area (Å²) in [6.45, 7) is 0. The molecule has 2 aromatic carbocycles. The van der Waals surface area contributed by atoms with Crippen molar-refractivity contribution in [2.75, 3.05) is 0 Å². The highest BCUT2D eigenvalue weighted by molar-refractivity contribution is 6.17. The zero-order valence-corrected chi connectivity index (χ0v) is 16.5. The van der Waals surface area contributed by atoms with Crippen LogP contribution < -0.4 is 0 Å². The van der Waals surface area contributed by atoms with Crippen LogP contribution in [-0.4, -0.2) is 44.3 Å². The van der Waals surface area contributed by atoms with Crippen LogP contribution in [0.5, 0.6) is 0 Å². The number of carboxylic acids is 4. The molecule has 0 fully saturated rings. The number of aliphatic carboxylic acids is 4. The molecule has 2 rings (SSSR count). The van der Waals surface area contributed by atoms with Crippen molar-refractivity contribution in [3.05, 3.63) is 71.3 Å². The second-order valence-electron chi connectivity index (χ2n) is 6.30. The summed E-state index contributed by atoms with van der Waals surface area (Å²) in [6, 6.07) is 15.6. The molecule has 0 heterocycles. The highest BCUT2D eigenvalue weighted by atomic mass is 35.5. The molecule has 8 nitrogen and oxygen atoms in total. The lowest BCUT2D eigenvalue weighted by atomic mass is 9.99. The molecular weight excluding hydrogens is 416 g/mol. The standard InChI is InChI=1S/C11H11ClO4.C10H10O4/c12-6-8-3-1-7(2-4-8)5-9(10(13)14)11(15)16;11-9(12)8(10(13)14)6-7-4-2-1-3-5-7/h1-4,9H,5-6H2,(H,13,14)(H,15,16);1-5,8H,6H2,(H,11,12)(H,13,14). The minimum atomic E-state index is -1.40. The van der Waals surface area contributed by atoms with E-state index in [4.69, 9.17) is 32.0 Å². The number of rotatable bonds is 9. The Hall–Kier alpha value is -3.39. The van der Waals surface area contributed by atoms with Gasteiger partial charge in [-0.15, -0.1) is 11.6 Å². The lowest BCUT2D eigenvalue weighted by molar-refractivity contribution is -0.156. The van der Waals surface area contributed by atoms with E-state index in [0.717, 1.165) is 5.56 Å². The van der Waals surface area contributed by atoms with Gasteiger partial charge in [0.05, 0.1) is 0 Å². The number of hydrogen-bond acceptors (Lipinski definition) is 4. The molecule has 160 valence electrons. The first-order valence-electron chi connectivity index (χ1n) is 8.74. The third-order valence-corrected chi connectivity index (χ3v) is 4.40. The van der Waals surface area contributed by atoms with E-state index in [-0.39, 0.29) is 12.8 Å². The summed E-state index contributed by atoms with van der Waals surface area (Å²) in [5.41, 5.74) is 2.29. The summed E-state index contributed by atoms with van der Waals surface area (Å²) >= 11 is 5.60. The lowest BCUT2D eigenvalue weighted by Gasteiger charge is -2.07. The first-order valence-corrected chi connectivity index (χ1v) is 9.28. The minimum absolute atomic E-state index is 0.0194. The van der Waals surface area contributed by atoms with Crippen LogP contribution in [0.1, 0.15) is 16.7 Å². The second kappa shape index (κ2) is 12.2. The molecule has 0 aliphatic rings. The van der Waals surface area contributed by atoms with Gasteiger partial charge in [-0.25, -0.2) is 0 Å². The largest absolute Gasteiger partial charge is 0.481 e. The molecule has 0 bridgehead atoms. The van der Waals surface area contributed by atoms with Gasteiger partial charge in [-0.3, -0.25) is 19.2 Å². The molecule has 9 heteroatoms. The normalized spacial score (nSPS) is 10.2. The molecule has 0 saturated heterocycles. The van der Waals surface area contributed by atoms with Gasteiger partial charge in [0.25, 0.3) is 0 Å². The Labute approximate surface area is 177 Å². The minimum Gasteiger partial charge on any atom is -0.481 e. The summed E-state index contributed by atoms with van der Waals surface area (Å²) in [6.07, 6.45) is -0.00125. The molecule has 0 aliphatic heterocycles. The van der Waals surface area contributed by atoms with Gasteiger partial charge in [0.2, 0.25) is 0 Å². The van der Waals surface area contributed by atoms with Crippen molar-refractivity contribution >= 4 is 35.5 Å². The average molecular weight is 437 g/mol. The van der Waals surface area contributed by atoms with Crippen LogP contribution in [0, 0.1) is 11.8 Å². The SMILES string of the molecule is O=C(O)C(Cc1ccc(CCl)cc1)C(=O)O.O=C(O)C(Cc1ccccc1)C(=O)O. The fourth-order valence-corrected chi connectivity index (χ4v) is 2.59. The number of alkyl halides is 1. The van der Waals surface area contributed by atoms with Gasteiger partial charge >= 0.3 is 23.9 Å². The maximum atomic E-state index is 10.7. The first-order chi connectivity index (χ1) is 14.1. The molecule has 0 radical (unpaired) electrons. The number of carboxylic acid groups (broad SMARTS) is 4. The van der Waals surface area contributed by atoms with E-state index in [1.165, 1.54) is 0 Å². The summed E-state index contributed by atoms with van der Waals surface area (Å²) < 4.78 is 0. The van der Waals surface area contributed by atoms with Crippen LogP contribution in [0.4, 0.5) is 0 Å². The van der Waals surface area contributed by atoms with Gasteiger partial charge in [-0.1, -0.05) is 54.6 Å². The van der Waals surface area contributed by atoms with E-state index < -0.39 is 35.7 Å². The number of hydrogen-bond donors (Lipinski definition) is 4. The van der Waals surface area contributed by atoms with Crippen molar-refractivity contribution in [2.45, 2.75) is 18.7 Å². The van der Waals surface area contributed by atoms with Gasteiger partial charge in [0.15, 0.2) is 11.8 Å². The van der Waals surface area contributed by atoms with Crippen molar-refractivity contribution in [3.8, 4) is 0 Å². The Morgan fingerprint density at radius 1 is 0.600 bits per heavy atom. The lowest BCUT2D eigenvalue weighted by Crippen LogP contribution is -2.25. The van der Waals surface area contributed by atoms with E-state index in [2.05, 4.69) is 0 Å². The monoisotopic (exact) mass is 436 g/mol. The predicted molar refractivity (Wildman–Crippen MR) is 107 cm³/mol. The van der Waals surface area contributed by atoms with Crippen LogP contribution >= 0.6 is 11.6 Å². The number of halogens is 1. The molecule has 0 atom stereocenters. The maximum Gasteiger partial charge on any atom is 0.318 e.